The maximum Gasteiger partial charge on any atom is 0.231 e. The van der Waals surface area contributed by atoms with Crippen molar-refractivity contribution in [2.45, 2.75) is 6.92 Å². The molecular formula is C14H14BrN3O3. The lowest BCUT2D eigenvalue weighted by Crippen LogP contribution is -2.02. The van der Waals surface area contributed by atoms with Gasteiger partial charge in [0.05, 0.1) is 11.6 Å². The Morgan fingerprint density at radius 1 is 1.38 bits per heavy atom. The minimum absolute atomic E-state index is 0.193. The number of anilines is 1. The molecule has 1 aromatic heterocycles. The number of rotatable bonds is 4. The van der Waals surface area contributed by atoms with E-state index in [0.29, 0.717) is 23.1 Å². The second-order valence-corrected chi connectivity index (χ2v) is 5.19. The van der Waals surface area contributed by atoms with Gasteiger partial charge in [0.15, 0.2) is 17.3 Å². The standard InChI is InChI=1S/C14H14BrN3O3/c1-3-16-14-9(15)6-17-13(18-14)8-4-10(19-2)12-11(5-8)20-7-21-12/h4-6H,3,7H2,1-2H3,(H,16,17,18). The Labute approximate surface area is 130 Å². The summed E-state index contributed by atoms with van der Waals surface area (Å²) >= 11 is 3.42. The van der Waals surface area contributed by atoms with Crippen LogP contribution in [0, 0.1) is 0 Å². The zero-order chi connectivity index (χ0) is 14.8. The summed E-state index contributed by atoms with van der Waals surface area (Å²) in [7, 11) is 1.59. The van der Waals surface area contributed by atoms with Gasteiger partial charge in [0.1, 0.15) is 5.82 Å². The fraction of sp³-hybridized carbons (Fsp3) is 0.286. The Morgan fingerprint density at radius 2 is 2.24 bits per heavy atom. The molecule has 6 nitrogen and oxygen atoms in total. The van der Waals surface area contributed by atoms with Gasteiger partial charge in [0.2, 0.25) is 12.5 Å². The molecule has 0 fully saturated rings. The van der Waals surface area contributed by atoms with Crippen LogP contribution in [-0.2, 0) is 0 Å². The molecule has 0 atom stereocenters. The van der Waals surface area contributed by atoms with Crippen LogP contribution in [0.4, 0.5) is 5.82 Å². The fourth-order valence-electron chi connectivity index (χ4n) is 2.06. The van der Waals surface area contributed by atoms with Crippen LogP contribution in [0.3, 0.4) is 0 Å². The minimum Gasteiger partial charge on any atom is -0.493 e. The summed E-state index contributed by atoms with van der Waals surface area (Å²) in [4.78, 5) is 8.85. The Hall–Kier alpha value is -2.02. The number of aromatic nitrogens is 2. The lowest BCUT2D eigenvalue weighted by atomic mass is 10.1. The number of ether oxygens (including phenoxy) is 3. The van der Waals surface area contributed by atoms with Crippen molar-refractivity contribution in [3.05, 3.63) is 22.8 Å². The molecule has 2 heterocycles. The van der Waals surface area contributed by atoms with Gasteiger partial charge in [-0.05, 0) is 35.0 Å². The molecule has 0 unspecified atom stereocenters. The predicted molar refractivity (Wildman–Crippen MR) is 82.0 cm³/mol. The molecule has 0 aliphatic carbocycles. The van der Waals surface area contributed by atoms with Gasteiger partial charge >= 0.3 is 0 Å². The molecule has 0 amide bonds. The molecule has 1 N–H and O–H groups in total. The highest BCUT2D eigenvalue weighted by atomic mass is 79.9. The van der Waals surface area contributed by atoms with Crippen LogP contribution in [0.25, 0.3) is 11.4 Å². The molecule has 0 saturated heterocycles. The van der Waals surface area contributed by atoms with Crippen molar-refractivity contribution in [1.82, 2.24) is 9.97 Å². The first-order valence-corrected chi connectivity index (χ1v) is 7.26. The Balaban J connectivity index is 2.06. The molecular weight excluding hydrogens is 338 g/mol. The van der Waals surface area contributed by atoms with Gasteiger partial charge in [-0.3, -0.25) is 0 Å². The summed E-state index contributed by atoms with van der Waals surface area (Å²) in [6, 6.07) is 3.69. The van der Waals surface area contributed by atoms with Crippen molar-refractivity contribution in [3.63, 3.8) is 0 Å². The molecule has 1 aliphatic rings. The molecule has 1 aliphatic heterocycles. The van der Waals surface area contributed by atoms with Crippen LogP contribution < -0.4 is 19.5 Å². The van der Waals surface area contributed by atoms with Gasteiger partial charge in [-0.25, -0.2) is 9.97 Å². The van der Waals surface area contributed by atoms with E-state index in [4.69, 9.17) is 14.2 Å². The predicted octanol–water partition coefficient (Wildman–Crippen LogP) is 3.08. The van der Waals surface area contributed by atoms with Gasteiger partial charge < -0.3 is 19.5 Å². The molecule has 0 radical (unpaired) electrons. The van der Waals surface area contributed by atoms with Crippen molar-refractivity contribution in [2.75, 3.05) is 25.8 Å². The van der Waals surface area contributed by atoms with Crippen LogP contribution in [0.15, 0.2) is 22.8 Å². The summed E-state index contributed by atoms with van der Waals surface area (Å²) in [6.07, 6.45) is 1.72. The van der Waals surface area contributed by atoms with Gasteiger partial charge in [-0.15, -0.1) is 0 Å². The molecule has 3 rings (SSSR count). The van der Waals surface area contributed by atoms with E-state index in [1.165, 1.54) is 0 Å². The van der Waals surface area contributed by atoms with Crippen LogP contribution in [-0.4, -0.2) is 30.4 Å². The third kappa shape index (κ3) is 2.61. The van der Waals surface area contributed by atoms with Gasteiger partial charge in [0, 0.05) is 18.3 Å². The van der Waals surface area contributed by atoms with E-state index >= 15 is 0 Å². The molecule has 110 valence electrons. The lowest BCUT2D eigenvalue weighted by Gasteiger charge is -2.10. The first-order valence-electron chi connectivity index (χ1n) is 6.47. The number of halogens is 1. The molecule has 7 heteroatoms. The Morgan fingerprint density at radius 3 is 3.00 bits per heavy atom. The second-order valence-electron chi connectivity index (χ2n) is 4.33. The summed E-state index contributed by atoms with van der Waals surface area (Å²) in [5, 5.41) is 3.18. The number of hydrogen-bond acceptors (Lipinski definition) is 6. The van der Waals surface area contributed by atoms with E-state index in [1.54, 1.807) is 13.3 Å². The van der Waals surface area contributed by atoms with Crippen LogP contribution in [0.1, 0.15) is 6.92 Å². The molecule has 2 aromatic rings. The van der Waals surface area contributed by atoms with E-state index in [-0.39, 0.29) is 6.79 Å². The van der Waals surface area contributed by atoms with Crippen molar-refractivity contribution in [1.29, 1.82) is 0 Å². The zero-order valence-corrected chi connectivity index (χ0v) is 13.2. The molecule has 0 saturated carbocycles. The number of hydrogen-bond donors (Lipinski definition) is 1. The number of nitrogens with one attached hydrogen (secondary N) is 1. The summed E-state index contributed by atoms with van der Waals surface area (Å²) in [5.74, 6) is 3.20. The summed E-state index contributed by atoms with van der Waals surface area (Å²) < 4.78 is 17.0. The first kappa shape index (κ1) is 13.9. The van der Waals surface area contributed by atoms with E-state index < -0.39 is 0 Å². The summed E-state index contributed by atoms with van der Waals surface area (Å²) in [5.41, 5.74) is 0.808. The molecule has 1 aromatic carbocycles. The smallest absolute Gasteiger partial charge is 0.231 e. The van der Waals surface area contributed by atoms with Crippen LogP contribution >= 0.6 is 15.9 Å². The quantitative estimate of drug-likeness (QED) is 0.912. The number of benzene rings is 1. The molecule has 0 bridgehead atoms. The Kier molecular flexibility index (Phi) is 3.83. The van der Waals surface area contributed by atoms with Gasteiger partial charge in [0.25, 0.3) is 0 Å². The maximum absolute atomic E-state index is 5.42. The molecule has 0 spiro atoms. The van der Waals surface area contributed by atoms with Crippen molar-refractivity contribution >= 4 is 21.7 Å². The number of methoxy groups -OCH3 is 1. The average Bonchev–Trinajstić information content (AvgIpc) is 2.97. The topological polar surface area (TPSA) is 65.5 Å². The van der Waals surface area contributed by atoms with Crippen molar-refractivity contribution in [3.8, 4) is 28.6 Å². The largest absolute Gasteiger partial charge is 0.493 e. The second kappa shape index (κ2) is 5.77. The maximum atomic E-state index is 5.42. The Bertz CT molecular complexity index is 679. The molecule has 21 heavy (non-hydrogen) atoms. The fourth-order valence-corrected chi connectivity index (χ4v) is 2.39. The monoisotopic (exact) mass is 351 g/mol. The highest BCUT2D eigenvalue weighted by molar-refractivity contribution is 9.10. The van der Waals surface area contributed by atoms with Gasteiger partial charge in [-0.1, -0.05) is 0 Å². The number of fused-ring (bicyclic) bond motifs is 1. The van der Waals surface area contributed by atoms with E-state index in [2.05, 4.69) is 31.2 Å². The number of nitrogens with zero attached hydrogens (tertiary/aromatic N) is 2. The van der Waals surface area contributed by atoms with E-state index in [9.17, 15) is 0 Å². The van der Waals surface area contributed by atoms with E-state index in [1.807, 2.05) is 19.1 Å². The van der Waals surface area contributed by atoms with Crippen LogP contribution in [0.2, 0.25) is 0 Å². The van der Waals surface area contributed by atoms with E-state index in [0.717, 1.165) is 22.4 Å². The highest BCUT2D eigenvalue weighted by Crippen LogP contribution is 2.43. The van der Waals surface area contributed by atoms with Gasteiger partial charge in [-0.2, -0.15) is 0 Å². The average molecular weight is 352 g/mol. The minimum atomic E-state index is 0.193. The SMILES string of the molecule is CCNc1nc(-c2cc(OC)c3c(c2)OCO3)ncc1Br. The highest BCUT2D eigenvalue weighted by Gasteiger charge is 2.21. The third-order valence-corrected chi connectivity index (χ3v) is 3.59. The van der Waals surface area contributed by atoms with Crippen molar-refractivity contribution < 1.29 is 14.2 Å². The lowest BCUT2D eigenvalue weighted by molar-refractivity contribution is 0.171. The van der Waals surface area contributed by atoms with Crippen LogP contribution in [0.5, 0.6) is 17.2 Å². The first-order chi connectivity index (χ1) is 10.2. The third-order valence-electron chi connectivity index (χ3n) is 3.00. The summed E-state index contributed by atoms with van der Waals surface area (Å²) in [6.45, 7) is 2.98. The van der Waals surface area contributed by atoms with Crippen molar-refractivity contribution in [2.24, 2.45) is 0 Å². The zero-order valence-electron chi connectivity index (χ0n) is 11.6. The normalized spacial score (nSPS) is 12.3.